The normalized spacial score (nSPS) is 16.8. The molecule has 1 heterocycles. The van der Waals surface area contributed by atoms with Gasteiger partial charge in [-0.15, -0.1) is 0 Å². The van der Waals surface area contributed by atoms with E-state index in [9.17, 15) is 0 Å². The van der Waals surface area contributed by atoms with Crippen molar-refractivity contribution in [3.63, 3.8) is 0 Å². The Hall–Kier alpha value is -2.45. The molecule has 0 bridgehead atoms. The summed E-state index contributed by atoms with van der Waals surface area (Å²) in [7, 11) is 0. The SMILES string of the molecule is C=C(Cc1cccc(C)c1)N1CCN(c2ccc(C)cc2Cl)C(/C(C)=C/C=C(/C)CC)C1.CC. The van der Waals surface area contributed by atoms with Gasteiger partial charge in [0, 0.05) is 31.8 Å². The largest absolute Gasteiger partial charge is 0.371 e. The van der Waals surface area contributed by atoms with Gasteiger partial charge in [-0.3, -0.25) is 0 Å². The summed E-state index contributed by atoms with van der Waals surface area (Å²) in [5.41, 5.74) is 8.85. The quantitative estimate of drug-likeness (QED) is 0.368. The van der Waals surface area contributed by atoms with E-state index in [4.69, 9.17) is 11.6 Å². The van der Waals surface area contributed by atoms with Crippen molar-refractivity contribution < 1.29 is 0 Å². The summed E-state index contributed by atoms with van der Waals surface area (Å²) >= 11 is 6.70. The number of hydrogen-bond acceptors (Lipinski definition) is 2. The summed E-state index contributed by atoms with van der Waals surface area (Å²) in [5.74, 6) is 0. The molecule has 1 aliphatic heterocycles. The number of rotatable bonds is 7. The van der Waals surface area contributed by atoms with Crippen molar-refractivity contribution in [1.29, 1.82) is 0 Å². The molecule has 184 valence electrons. The minimum Gasteiger partial charge on any atom is -0.371 e. The minimum atomic E-state index is 0.249. The third-order valence-electron chi connectivity index (χ3n) is 6.44. The van der Waals surface area contributed by atoms with Gasteiger partial charge in [0.15, 0.2) is 0 Å². The molecule has 2 aromatic carbocycles. The highest BCUT2D eigenvalue weighted by molar-refractivity contribution is 6.33. The molecule has 1 saturated heterocycles. The highest BCUT2D eigenvalue weighted by Crippen LogP contribution is 2.33. The Kier molecular flexibility index (Phi) is 11.0. The van der Waals surface area contributed by atoms with Crippen LogP contribution < -0.4 is 4.90 Å². The van der Waals surface area contributed by atoms with Crippen molar-refractivity contribution in [2.45, 2.75) is 67.3 Å². The molecule has 1 aliphatic rings. The van der Waals surface area contributed by atoms with Gasteiger partial charge in [0.05, 0.1) is 16.8 Å². The van der Waals surface area contributed by atoms with Gasteiger partial charge in [-0.2, -0.15) is 0 Å². The zero-order valence-electron chi connectivity index (χ0n) is 22.3. The third-order valence-corrected chi connectivity index (χ3v) is 6.75. The highest BCUT2D eigenvalue weighted by Gasteiger charge is 2.30. The summed E-state index contributed by atoms with van der Waals surface area (Å²) in [6.45, 7) is 22.1. The van der Waals surface area contributed by atoms with Gasteiger partial charge >= 0.3 is 0 Å². The lowest BCUT2D eigenvalue weighted by Gasteiger charge is -2.45. The number of nitrogens with zero attached hydrogens (tertiary/aromatic N) is 2. The number of anilines is 1. The van der Waals surface area contributed by atoms with Crippen molar-refractivity contribution in [1.82, 2.24) is 4.90 Å². The molecule has 0 aromatic heterocycles. The van der Waals surface area contributed by atoms with Crippen LogP contribution in [0.15, 0.2) is 78.0 Å². The first-order valence-electron chi connectivity index (χ1n) is 12.6. The molecular weight excluding hydrogens is 436 g/mol. The second-order valence-electron chi connectivity index (χ2n) is 9.12. The second kappa shape index (κ2) is 13.4. The van der Waals surface area contributed by atoms with E-state index >= 15 is 0 Å². The first-order chi connectivity index (χ1) is 16.3. The number of aryl methyl sites for hydroxylation is 2. The number of halogens is 1. The molecule has 0 amide bonds. The molecule has 0 radical (unpaired) electrons. The van der Waals surface area contributed by atoms with Gasteiger partial charge < -0.3 is 9.80 Å². The van der Waals surface area contributed by atoms with Gasteiger partial charge in [-0.05, 0) is 62.9 Å². The lowest BCUT2D eigenvalue weighted by molar-refractivity contribution is 0.286. The molecule has 1 atom stereocenters. The molecule has 0 saturated carbocycles. The second-order valence-corrected chi connectivity index (χ2v) is 9.53. The molecule has 1 unspecified atom stereocenters. The Bertz CT molecular complexity index is 1020. The van der Waals surface area contributed by atoms with E-state index in [1.54, 1.807) is 0 Å². The predicted molar refractivity (Wildman–Crippen MR) is 152 cm³/mol. The van der Waals surface area contributed by atoms with Gasteiger partial charge in [-0.1, -0.05) is 92.6 Å². The van der Waals surface area contributed by atoms with Crippen LogP contribution in [0.5, 0.6) is 0 Å². The molecule has 0 spiro atoms. The number of hydrogen-bond donors (Lipinski definition) is 0. The fourth-order valence-corrected chi connectivity index (χ4v) is 4.61. The number of allylic oxidation sites excluding steroid dienone is 4. The Morgan fingerprint density at radius 2 is 1.74 bits per heavy atom. The number of benzene rings is 2. The smallest absolute Gasteiger partial charge is 0.0679 e. The standard InChI is InChI=1S/C29H37ClN2.C2H6/c1-7-21(2)11-13-24(5)29-20-31(25(6)19-26-10-8-9-22(3)17-26)15-16-32(29)28-14-12-23(4)18-27(28)30;1-2/h8-14,17-18,29H,6-7,15-16,19-20H2,1-5H3;1-2H3/b21-11-,24-13+;. The maximum atomic E-state index is 6.70. The molecule has 0 aliphatic carbocycles. The summed E-state index contributed by atoms with van der Waals surface area (Å²) in [4.78, 5) is 4.93. The monoisotopic (exact) mass is 478 g/mol. The Morgan fingerprint density at radius 1 is 1.03 bits per heavy atom. The third kappa shape index (κ3) is 7.53. The van der Waals surface area contributed by atoms with E-state index in [0.717, 1.165) is 43.2 Å². The zero-order chi connectivity index (χ0) is 25.3. The van der Waals surface area contributed by atoms with E-state index in [1.807, 2.05) is 13.8 Å². The molecule has 1 fully saturated rings. The molecule has 2 aromatic rings. The summed E-state index contributed by atoms with van der Waals surface area (Å²) < 4.78 is 0. The summed E-state index contributed by atoms with van der Waals surface area (Å²) in [6.07, 6.45) is 6.49. The van der Waals surface area contributed by atoms with Crippen LogP contribution in [0, 0.1) is 13.8 Å². The average molecular weight is 479 g/mol. The van der Waals surface area contributed by atoms with E-state index in [2.05, 4.69) is 106 Å². The highest BCUT2D eigenvalue weighted by atomic mass is 35.5. The summed E-state index contributed by atoms with van der Waals surface area (Å²) in [6, 6.07) is 15.4. The molecule has 3 rings (SSSR count). The maximum Gasteiger partial charge on any atom is 0.0679 e. The van der Waals surface area contributed by atoms with Crippen molar-refractivity contribution in [3.05, 3.63) is 99.8 Å². The lowest BCUT2D eigenvalue weighted by Crippen LogP contribution is -2.53. The van der Waals surface area contributed by atoms with Gasteiger partial charge in [0.25, 0.3) is 0 Å². The van der Waals surface area contributed by atoms with Crippen LogP contribution >= 0.6 is 11.6 Å². The summed E-state index contributed by atoms with van der Waals surface area (Å²) in [5, 5.41) is 0.829. The van der Waals surface area contributed by atoms with E-state index in [0.29, 0.717) is 0 Å². The Balaban J connectivity index is 0.00000199. The van der Waals surface area contributed by atoms with E-state index in [1.165, 1.54) is 33.5 Å². The van der Waals surface area contributed by atoms with E-state index < -0.39 is 0 Å². The van der Waals surface area contributed by atoms with Gasteiger partial charge in [0.1, 0.15) is 0 Å². The predicted octanol–water partition coefficient (Wildman–Crippen LogP) is 8.53. The van der Waals surface area contributed by atoms with Crippen LogP contribution in [0.25, 0.3) is 0 Å². The fourth-order valence-electron chi connectivity index (χ4n) is 4.27. The number of piperazine rings is 1. The van der Waals surface area contributed by atoms with E-state index in [-0.39, 0.29) is 6.04 Å². The molecule has 2 nitrogen and oxygen atoms in total. The molecule has 3 heteroatoms. The molecule has 34 heavy (non-hydrogen) atoms. The van der Waals surface area contributed by atoms with Gasteiger partial charge in [0.2, 0.25) is 0 Å². The Morgan fingerprint density at radius 3 is 2.38 bits per heavy atom. The van der Waals surface area contributed by atoms with Crippen LogP contribution in [-0.4, -0.2) is 30.6 Å². The van der Waals surface area contributed by atoms with Crippen LogP contribution in [0.4, 0.5) is 5.69 Å². The lowest BCUT2D eigenvalue weighted by atomic mass is 9.99. The van der Waals surface area contributed by atoms with Crippen LogP contribution in [-0.2, 0) is 6.42 Å². The Labute approximate surface area is 213 Å². The van der Waals surface area contributed by atoms with Crippen molar-refractivity contribution in [2.24, 2.45) is 0 Å². The average Bonchev–Trinajstić information content (AvgIpc) is 2.83. The van der Waals surface area contributed by atoms with Crippen molar-refractivity contribution in [2.75, 3.05) is 24.5 Å². The van der Waals surface area contributed by atoms with Crippen molar-refractivity contribution >= 4 is 17.3 Å². The fraction of sp³-hybridized carbons (Fsp3) is 0.419. The van der Waals surface area contributed by atoms with Gasteiger partial charge in [-0.25, -0.2) is 0 Å². The van der Waals surface area contributed by atoms with Crippen LogP contribution in [0.3, 0.4) is 0 Å². The first kappa shape index (κ1) is 27.8. The molecular formula is C31H43ClN2. The van der Waals surface area contributed by atoms with Crippen LogP contribution in [0.1, 0.15) is 57.7 Å². The van der Waals surface area contributed by atoms with Crippen molar-refractivity contribution in [3.8, 4) is 0 Å². The zero-order valence-corrected chi connectivity index (χ0v) is 23.0. The first-order valence-corrected chi connectivity index (χ1v) is 13.0. The molecule has 0 N–H and O–H groups in total. The minimum absolute atomic E-state index is 0.249. The maximum absolute atomic E-state index is 6.70. The van der Waals surface area contributed by atoms with Crippen LogP contribution in [0.2, 0.25) is 5.02 Å². The topological polar surface area (TPSA) is 6.48 Å².